The van der Waals surface area contributed by atoms with E-state index in [1.54, 1.807) is 0 Å². The first-order chi connectivity index (χ1) is 19.6. The van der Waals surface area contributed by atoms with Crippen molar-refractivity contribution in [2.75, 3.05) is 13.7 Å². The van der Waals surface area contributed by atoms with E-state index in [0.29, 0.717) is 25.7 Å². The molecule has 7 rings (SSSR count). The van der Waals surface area contributed by atoms with Gasteiger partial charge in [0.05, 0.1) is 11.5 Å². The average molecular weight is 551 g/mol. The molecule has 41 heavy (non-hydrogen) atoms. The maximum absolute atomic E-state index is 14.5. The van der Waals surface area contributed by atoms with E-state index in [-0.39, 0.29) is 30.6 Å². The number of carbonyl (C=O) groups is 1. The van der Waals surface area contributed by atoms with E-state index in [9.17, 15) is 20.1 Å². The number of ether oxygens (including phenoxy) is 1. The summed E-state index contributed by atoms with van der Waals surface area (Å²) in [4.78, 5) is 14.5. The molecule has 5 heteroatoms. The lowest BCUT2D eigenvalue weighted by atomic mass is 9.55. The van der Waals surface area contributed by atoms with Crippen LogP contribution in [0.25, 0.3) is 16.8 Å². The molecule has 0 saturated heterocycles. The van der Waals surface area contributed by atoms with Gasteiger partial charge in [-0.3, -0.25) is 4.79 Å². The molecule has 2 saturated carbocycles. The lowest BCUT2D eigenvalue weighted by molar-refractivity contribution is -0.254. The summed E-state index contributed by atoms with van der Waals surface area (Å²) in [6.45, 7) is 6.40. The molecule has 0 unspecified atom stereocenters. The molecule has 1 spiro atoms. The first-order valence-electron chi connectivity index (χ1n) is 14.8. The summed E-state index contributed by atoms with van der Waals surface area (Å²) in [5, 5.41) is 35.8. The highest BCUT2D eigenvalue weighted by Crippen LogP contribution is 2.74. The zero-order valence-corrected chi connectivity index (χ0v) is 23.8. The number of aryl methyl sites for hydroxylation is 1. The topological polar surface area (TPSA) is 87.0 Å². The lowest BCUT2D eigenvalue weighted by Crippen LogP contribution is -2.56. The Labute approximate surface area is 241 Å². The van der Waals surface area contributed by atoms with Crippen LogP contribution in [0.15, 0.2) is 72.8 Å². The van der Waals surface area contributed by atoms with Crippen LogP contribution < -0.4 is 0 Å². The van der Waals surface area contributed by atoms with Gasteiger partial charge in [-0.15, -0.1) is 0 Å². The Kier molecular flexibility index (Phi) is 6.01. The van der Waals surface area contributed by atoms with Crippen molar-refractivity contribution in [1.29, 1.82) is 0 Å². The van der Waals surface area contributed by atoms with Gasteiger partial charge < -0.3 is 20.1 Å². The van der Waals surface area contributed by atoms with Gasteiger partial charge >= 0.3 is 0 Å². The number of benzene rings is 3. The van der Waals surface area contributed by atoms with E-state index >= 15 is 0 Å². The first-order valence-corrected chi connectivity index (χ1v) is 14.8. The summed E-state index contributed by atoms with van der Waals surface area (Å²) >= 11 is 0. The Morgan fingerprint density at radius 1 is 1.02 bits per heavy atom. The second kappa shape index (κ2) is 9.20. The van der Waals surface area contributed by atoms with Gasteiger partial charge in [0, 0.05) is 37.4 Å². The summed E-state index contributed by atoms with van der Waals surface area (Å²) in [6.07, 6.45) is 5.70. The monoisotopic (exact) mass is 550 g/mol. The fraction of sp³-hybridized carbons (Fsp3) is 0.417. The number of aliphatic hydroxyl groups excluding tert-OH is 2. The van der Waals surface area contributed by atoms with Gasteiger partial charge in [0.2, 0.25) is 0 Å². The van der Waals surface area contributed by atoms with Crippen LogP contribution in [0.4, 0.5) is 0 Å². The maximum Gasteiger partial charge on any atom is 0.185 e. The van der Waals surface area contributed by atoms with Gasteiger partial charge in [-0.05, 0) is 76.3 Å². The zero-order chi connectivity index (χ0) is 28.7. The molecule has 7 atom stereocenters. The highest BCUT2D eigenvalue weighted by molar-refractivity contribution is 5.90. The summed E-state index contributed by atoms with van der Waals surface area (Å²) in [6, 6.07) is 19.1. The van der Waals surface area contributed by atoms with E-state index < -0.39 is 28.6 Å². The van der Waals surface area contributed by atoms with E-state index in [4.69, 9.17) is 4.74 Å². The molecule has 7 bridgehead atoms. The summed E-state index contributed by atoms with van der Waals surface area (Å²) < 4.78 is 5.90. The molecule has 0 heterocycles. The van der Waals surface area contributed by atoms with Crippen LogP contribution in [0.5, 0.6) is 0 Å². The fourth-order valence-electron chi connectivity index (χ4n) is 9.11. The number of methoxy groups -OCH3 is 1. The number of ketones is 1. The van der Waals surface area contributed by atoms with E-state index in [0.717, 1.165) is 44.2 Å². The molecular weight excluding hydrogens is 512 g/mol. The predicted molar refractivity (Wildman–Crippen MR) is 159 cm³/mol. The van der Waals surface area contributed by atoms with E-state index in [2.05, 4.69) is 56.0 Å². The smallest absolute Gasteiger partial charge is 0.185 e. The predicted octanol–water partition coefficient (Wildman–Crippen LogP) is 5.14. The quantitative estimate of drug-likeness (QED) is 0.304. The second-order valence-corrected chi connectivity index (χ2v) is 13.0. The van der Waals surface area contributed by atoms with E-state index in [1.165, 1.54) is 7.11 Å². The Hall–Kier alpha value is -3.09. The van der Waals surface area contributed by atoms with Gasteiger partial charge in [-0.1, -0.05) is 79.8 Å². The van der Waals surface area contributed by atoms with Gasteiger partial charge in [0.15, 0.2) is 5.79 Å². The van der Waals surface area contributed by atoms with Crippen molar-refractivity contribution in [3.63, 3.8) is 0 Å². The molecule has 3 aromatic rings. The molecule has 4 aliphatic rings. The Balaban J connectivity index is 1.44. The van der Waals surface area contributed by atoms with Gasteiger partial charge in [-0.2, -0.15) is 0 Å². The first kappa shape index (κ1) is 26.8. The van der Waals surface area contributed by atoms with Crippen LogP contribution in [0.3, 0.4) is 0 Å². The van der Waals surface area contributed by atoms with Crippen molar-refractivity contribution in [2.45, 2.75) is 56.8 Å². The molecule has 0 radical (unpaired) electrons. The molecule has 3 aromatic carbocycles. The standard InChI is InChI=1S/C36H38O5/c1-21-33-28(20-37)19-35(36(33,40)41-3)32(39)12-8-22-5-4-6-23(13-22)15-30-29-17-27-14-24(18-34(21,35)2)7-9-25(27)16-26(29)10-11-31(30)38/h4-7,9-11,13-14,16-17,28,30-31,33,37-38,40H,1,8,12,15,18-20H2,2-3H3/t28-,30+,31+,33-,34+,35+,36+/m0/s1. The molecule has 0 aromatic heterocycles. The highest BCUT2D eigenvalue weighted by atomic mass is 16.6. The molecule has 212 valence electrons. The minimum atomic E-state index is -1.73. The highest BCUT2D eigenvalue weighted by Gasteiger charge is 2.80. The van der Waals surface area contributed by atoms with Crippen molar-refractivity contribution in [3.05, 3.63) is 101 Å². The number of carbonyl (C=O) groups excluding carboxylic acids is 1. The molecule has 2 fully saturated rings. The number of rotatable bonds is 2. The van der Waals surface area contributed by atoms with Crippen LogP contribution in [-0.4, -0.2) is 46.7 Å². The van der Waals surface area contributed by atoms with Crippen LogP contribution in [0.1, 0.15) is 53.5 Å². The van der Waals surface area contributed by atoms with Crippen LogP contribution in [-0.2, 0) is 28.8 Å². The fourth-order valence-corrected chi connectivity index (χ4v) is 9.11. The third-order valence-corrected chi connectivity index (χ3v) is 11.2. The number of Topliss-reactive ketones (excluding diaryl/α,β-unsaturated/α-hetero) is 1. The van der Waals surface area contributed by atoms with Gasteiger partial charge in [0.1, 0.15) is 5.78 Å². The van der Waals surface area contributed by atoms with Crippen LogP contribution in [0.2, 0.25) is 0 Å². The minimum absolute atomic E-state index is 0.0398. The Morgan fingerprint density at radius 3 is 2.61 bits per heavy atom. The summed E-state index contributed by atoms with van der Waals surface area (Å²) in [5.74, 6) is -2.66. The zero-order valence-electron chi connectivity index (χ0n) is 23.8. The maximum atomic E-state index is 14.5. The molecule has 3 N–H and O–H groups in total. The normalized spacial score (nSPS) is 35.9. The third-order valence-electron chi connectivity index (χ3n) is 11.2. The van der Waals surface area contributed by atoms with Crippen LogP contribution >= 0.6 is 0 Å². The second-order valence-electron chi connectivity index (χ2n) is 13.0. The molecule has 4 aliphatic carbocycles. The van der Waals surface area contributed by atoms with Crippen molar-refractivity contribution in [3.8, 4) is 0 Å². The number of fused-ring (bicyclic) bond motifs is 4. The lowest BCUT2D eigenvalue weighted by Gasteiger charge is -2.48. The van der Waals surface area contributed by atoms with E-state index in [1.807, 2.05) is 24.3 Å². The minimum Gasteiger partial charge on any atom is -0.396 e. The van der Waals surface area contributed by atoms with Crippen molar-refractivity contribution in [1.82, 2.24) is 0 Å². The summed E-state index contributed by atoms with van der Waals surface area (Å²) in [7, 11) is 1.47. The number of aliphatic hydroxyl groups is 3. The largest absolute Gasteiger partial charge is 0.396 e. The van der Waals surface area contributed by atoms with Crippen molar-refractivity contribution in [2.24, 2.45) is 22.7 Å². The van der Waals surface area contributed by atoms with Crippen LogP contribution in [0, 0.1) is 22.7 Å². The third kappa shape index (κ3) is 3.53. The SMILES string of the molecule is C=C1[C@H]2[C@H](CO)C[C@]3(C(=O)CCc4cccc(c4)C[C@@H]4c5cc6cc(ccc6cc5C=C[C@H]4O)C[C@]13C)[C@]2(O)OC. The van der Waals surface area contributed by atoms with Crippen molar-refractivity contribution < 1.29 is 24.9 Å². The van der Waals surface area contributed by atoms with Crippen molar-refractivity contribution >= 4 is 22.6 Å². The molecule has 0 aliphatic heterocycles. The summed E-state index contributed by atoms with van der Waals surface area (Å²) in [5.41, 5.74) is 4.28. The number of hydrogen-bond acceptors (Lipinski definition) is 5. The Bertz CT molecular complexity index is 1620. The van der Waals surface area contributed by atoms with Gasteiger partial charge in [0.25, 0.3) is 0 Å². The molecule has 0 amide bonds. The molecule has 5 nitrogen and oxygen atoms in total. The van der Waals surface area contributed by atoms with Gasteiger partial charge in [-0.25, -0.2) is 0 Å². The molecular formula is C36H38O5. The Morgan fingerprint density at radius 2 is 1.83 bits per heavy atom. The number of hydrogen-bond donors (Lipinski definition) is 3. The average Bonchev–Trinajstić information content (AvgIpc) is 3.32.